The summed E-state index contributed by atoms with van der Waals surface area (Å²) in [7, 11) is 1.90. The molecule has 0 saturated carbocycles. The number of nitrogens with zero attached hydrogens (tertiary/aromatic N) is 1. The third-order valence-corrected chi connectivity index (χ3v) is 2.90. The summed E-state index contributed by atoms with van der Waals surface area (Å²) in [5.41, 5.74) is 5.09. The molecular formula is C13H18N2. The van der Waals surface area contributed by atoms with Gasteiger partial charge in [-0.15, -0.1) is 0 Å². The van der Waals surface area contributed by atoms with E-state index < -0.39 is 0 Å². The molecule has 2 nitrogen and oxygen atoms in total. The van der Waals surface area contributed by atoms with Crippen molar-refractivity contribution in [3.8, 4) is 6.07 Å². The molecule has 0 saturated heterocycles. The fourth-order valence-corrected chi connectivity index (χ4v) is 1.82. The SMILES string of the molecule is CNC(CC#N)c1cc(C)c(C)cc1C. The van der Waals surface area contributed by atoms with Crippen LogP contribution in [0, 0.1) is 32.1 Å². The minimum absolute atomic E-state index is 0.147. The van der Waals surface area contributed by atoms with Crippen molar-refractivity contribution < 1.29 is 0 Å². The third kappa shape index (κ3) is 2.57. The van der Waals surface area contributed by atoms with Crippen molar-refractivity contribution in [3.63, 3.8) is 0 Å². The lowest BCUT2D eigenvalue weighted by Gasteiger charge is -2.17. The Hall–Kier alpha value is -1.33. The molecule has 0 amide bonds. The standard InChI is InChI=1S/C13H18N2/c1-9-7-11(3)12(8-10(9)2)13(15-4)5-6-14/h7-8,13,15H,5H2,1-4H3. The lowest BCUT2D eigenvalue weighted by atomic mass is 9.94. The zero-order valence-corrected chi connectivity index (χ0v) is 9.89. The van der Waals surface area contributed by atoms with Crippen molar-refractivity contribution in [2.45, 2.75) is 33.2 Å². The summed E-state index contributed by atoms with van der Waals surface area (Å²) in [5.74, 6) is 0. The Morgan fingerprint density at radius 2 is 1.80 bits per heavy atom. The molecule has 0 fully saturated rings. The minimum Gasteiger partial charge on any atom is -0.312 e. The molecular weight excluding hydrogens is 184 g/mol. The van der Waals surface area contributed by atoms with E-state index in [2.05, 4.69) is 44.3 Å². The molecule has 1 atom stereocenters. The Morgan fingerprint density at radius 1 is 1.20 bits per heavy atom. The number of hydrogen-bond acceptors (Lipinski definition) is 2. The van der Waals surface area contributed by atoms with E-state index in [0.717, 1.165) is 0 Å². The van der Waals surface area contributed by atoms with Crippen molar-refractivity contribution in [1.82, 2.24) is 5.32 Å². The minimum atomic E-state index is 0.147. The van der Waals surface area contributed by atoms with Gasteiger partial charge in [0, 0.05) is 6.04 Å². The zero-order chi connectivity index (χ0) is 11.4. The van der Waals surface area contributed by atoms with Crippen LogP contribution in [-0.4, -0.2) is 7.05 Å². The topological polar surface area (TPSA) is 35.8 Å². The molecule has 0 bridgehead atoms. The molecule has 1 rings (SSSR count). The zero-order valence-electron chi connectivity index (χ0n) is 9.89. The van der Waals surface area contributed by atoms with Crippen LogP contribution < -0.4 is 5.32 Å². The summed E-state index contributed by atoms with van der Waals surface area (Å²) in [6.45, 7) is 6.33. The number of nitriles is 1. The van der Waals surface area contributed by atoms with Gasteiger partial charge in [-0.25, -0.2) is 0 Å². The molecule has 0 aromatic heterocycles. The van der Waals surface area contributed by atoms with Crippen LogP contribution in [0.5, 0.6) is 0 Å². The highest BCUT2D eigenvalue weighted by Crippen LogP contribution is 2.23. The molecule has 2 heteroatoms. The van der Waals surface area contributed by atoms with Crippen LogP contribution in [0.3, 0.4) is 0 Å². The smallest absolute Gasteiger partial charge is 0.0641 e. The van der Waals surface area contributed by atoms with Gasteiger partial charge in [-0.05, 0) is 50.1 Å². The van der Waals surface area contributed by atoms with Gasteiger partial charge in [0.05, 0.1) is 12.5 Å². The monoisotopic (exact) mass is 202 g/mol. The molecule has 80 valence electrons. The lowest BCUT2D eigenvalue weighted by molar-refractivity contribution is 0.604. The van der Waals surface area contributed by atoms with E-state index in [-0.39, 0.29) is 6.04 Å². The van der Waals surface area contributed by atoms with Crippen LogP contribution in [0.25, 0.3) is 0 Å². The van der Waals surface area contributed by atoms with Gasteiger partial charge in [0.1, 0.15) is 0 Å². The van der Waals surface area contributed by atoms with E-state index in [4.69, 9.17) is 5.26 Å². The highest BCUT2D eigenvalue weighted by Gasteiger charge is 2.12. The van der Waals surface area contributed by atoms with Crippen LogP contribution in [0.1, 0.15) is 34.7 Å². The van der Waals surface area contributed by atoms with E-state index >= 15 is 0 Å². The van der Waals surface area contributed by atoms with Crippen molar-refractivity contribution in [2.75, 3.05) is 7.05 Å². The van der Waals surface area contributed by atoms with Gasteiger partial charge >= 0.3 is 0 Å². The maximum Gasteiger partial charge on any atom is 0.0641 e. The molecule has 0 spiro atoms. The Balaban J connectivity index is 3.13. The summed E-state index contributed by atoms with van der Waals surface area (Å²) in [6.07, 6.45) is 0.514. The van der Waals surface area contributed by atoms with Gasteiger partial charge in [0.15, 0.2) is 0 Å². The van der Waals surface area contributed by atoms with E-state index in [1.54, 1.807) is 0 Å². The normalized spacial score (nSPS) is 12.2. The first kappa shape index (κ1) is 11.7. The Bertz CT molecular complexity index is 388. The first-order valence-electron chi connectivity index (χ1n) is 5.22. The molecule has 0 aliphatic heterocycles. The third-order valence-electron chi connectivity index (χ3n) is 2.90. The van der Waals surface area contributed by atoms with E-state index in [1.165, 1.54) is 22.3 Å². The predicted octanol–water partition coefficient (Wildman–Crippen LogP) is 2.79. The molecule has 1 N–H and O–H groups in total. The number of rotatable bonds is 3. The summed E-state index contributed by atoms with van der Waals surface area (Å²) in [5, 5.41) is 11.9. The highest BCUT2D eigenvalue weighted by atomic mass is 14.9. The molecule has 15 heavy (non-hydrogen) atoms. The van der Waals surface area contributed by atoms with E-state index in [0.29, 0.717) is 6.42 Å². The first-order chi connectivity index (χ1) is 7.10. The number of aryl methyl sites for hydroxylation is 3. The highest BCUT2D eigenvalue weighted by molar-refractivity contribution is 5.38. The second-order valence-electron chi connectivity index (χ2n) is 4.00. The fraction of sp³-hybridized carbons (Fsp3) is 0.462. The van der Waals surface area contributed by atoms with Gasteiger partial charge < -0.3 is 5.32 Å². The Morgan fingerprint density at radius 3 is 2.33 bits per heavy atom. The summed E-state index contributed by atoms with van der Waals surface area (Å²) in [4.78, 5) is 0. The van der Waals surface area contributed by atoms with E-state index in [9.17, 15) is 0 Å². The van der Waals surface area contributed by atoms with Gasteiger partial charge in [-0.1, -0.05) is 12.1 Å². The molecule has 0 heterocycles. The average Bonchev–Trinajstić information content (AvgIpc) is 2.20. The molecule has 1 aromatic rings. The van der Waals surface area contributed by atoms with Crippen LogP contribution in [0.4, 0.5) is 0 Å². The molecule has 0 aliphatic rings. The average molecular weight is 202 g/mol. The fourth-order valence-electron chi connectivity index (χ4n) is 1.82. The van der Waals surface area contributed by atoms with Gasteiger partial charge in [0.25, 0.3) is 0 Å². The summed E-state index contributed by atoms with van der Waals surface area (Å²) < 4.78 is 0. The van der Waals surface area contributed by atoms with Crippen LogP contribution in [0.15, 0.2) is 12.1 Å². The largest absolute Gasteiger partial charge is 0.312 e. The first-order valence-corrected chi connectivity index (χ1v) is 5.22. The summed E-state index contributed by atoms with van der Waals surface area (Å²) >= 11 is 0. The molecule has 1 unspecified atom stereocenters. The van der Waals surface area contributed by atoms with Crippen molar-refractivity contribution in [1.29, 1.82) is 5.26 Å². The van der Waals surface area contributed by atoms with Crippen molar-refractivity contribution >= 4 is 0 Å². The summed E-state index contributed by atoms with van der Waals surface area (Å²) in [6, 6.07) is 6.73. The van der Waals surface area contributed by atoms with Crippen molar-refractivity contribution in [2.24, 2.45) is 0 Å². The van der Waals surface area contributed by atoms with Gasteiger partial charge in [0.2, 0.25) is 0 Å². The van der Waals surface area contributed by atoms with E-state index in [1.807, 2.05) is 7.05 Å². The predicted molar refractivity (Wildman–Crippen MR) is 62.7 cm³/mol. The van der Waals surface area contributed by atoms with Gasteiger partial charge in [-0.2, -0.15) is 5.26 Å². The number of hydrogen-bond donors (Lipinski definition) is 1. The lowest BCUT2D eigenvalue weighted by Crippen LogP contribution is -2.17. The number of nitrogens with one attached hydrogen (secondary N) is 1. The second kappa shape index (κ2) is 4.95. The molecule has 0 radical (unpaired) electrons. The maximum absolute atomic E-state index is 8.75. The molecule has 1 aromatic carbocycles. The van der Waals surface area contributed by atoms with Crippen LogP contribution >= 0.6 is 0 Å². The number of benzene rings is 1. The van der Waals surface area contributed by atoms with Crippen LogP contribution in [-0.2, 0) is 0 Å². The van der Waals surface area contributed by atoms with Crippen LogP contribution in [0.2, 0.25) is 0 Å². The van der Waals surface area contributed by atoms with Crippen molar-refractivity contribution in [3.05, 3.63) is 34.4 Å². The quantitative estimate of drug-likeness (QED) is 0.818. The van der Waals surface area contributed by atoms with Gasteiger partial charge in [-0.3, -0.25) is 0 Å². The maximum atomic E-state index is 8.75. The Kier molecular flexibility index (Phi) is 3.88. The second-order valence-corrected chi connectivity index (χ2v) is 4.00. The molecule has 0 aliphatic carbocycles. The Labute approximate surface area is 91.9 Å².